The number of sulfone groups is 1. The van der Waals surface area contributed by atoms with Crippen LogP contribution in [0.3, 0.4) is 0 Å². The molecule has 1 N–H and O–H groups in total. The van der Waals surface area contributed by atoms with Gasteiger partial charge in [-0.1, -0.05) is 0 Å². The number of rotatable bonds is 4. The van der Waals surface area contributed by atoms with E-state index < -0.39 is 44.6 Å². The van der Waals surface area contributed by atoms with Crippen LogP contribution in [-0.4, -0.2) is 48.9 Å². The van der Waals surface area contributed by atoms with E-state index in [0.29, 0.717) is 0 Å². The molecule has 2 aliphatic rings. The second-order valence-corrected chi connectivity index (χ2v) is 8.04. The van der Waals surface area contributed by atoms with Gasteiger partial charge in [0, 0.05) is 31.4 Å². The van der Waals surface area contributed by atoms with Gasteiger partial charge in [-0.15, -0.1) is 0 Å². The Balaban J connectivity index is 2.52. The van der Waals surface area contributed by atoms with E-state index in [0.717, 1.165) is 6.26 Å². The highest BCUT2D eigenvalue weighted by molar-refractivity contribution is 7.91. The Kier molecular flexibility index (Phi) is 3.77. The van der Waals surface area contributed by atoms with Crippen LogP contribution < -0.4 is 0 Å². The topological polar surface area (TPSA) is 123 Å². The van der Waals surface area contributed by atoms with Crippen molar-refractivity contribution < 1.29 is 32.7 Å². The van der Waals surface area contributed by atoms with Crippen molar-refractivity contribution >= 4 is 33.2 Å². The quantitative estimate of drug-likeness (QED) is 0.750. The normalized spacial score (nSPS) is 32.8. The first kappa shape index (κ1) is 15.8. The molecule has 3 unspecified atom stereocenters. The smallest absolute Gasteiger partial charge is 0.308 e. The van der Waals surface area contributed by atoms with Crippen LogP contribution in [0.1, 0.15) is 25.7 Å². The van der Waals surface area contributed by atoms with E-state index in [-0.39, 0.29) is 37.2 Å². The van der Waals surface area contributed by atoms with E-state index >= 15 is 0 Å². The number of carbonyl (C=O) groups is 4. The molecule has 0 bridgehead atoms. The fraction of sp³-hybridized carbons (Fsp3) is 0.692. The summed E-state index contributed by atoms with van der Waals surface area (Å²) in [5.41, 5.74) is -1.68. The van der Waals surface area contributed by atoms with E-state index in [2.05, 4.69) is 0 Å². The Morgan fingerprint density at radius 2 is 1.95 bits per heavy atom. The van der Waals surface area contributed by atoms with E-state index in [1.165, 1.54) is 0 Å². The number of fused-ring (bicyclic) bond motifs is 1. The second kappa shape index (κ2) is 5.01. The minimum atomic E-state index is -3.67. The Hall–Kier alpha value is -1.57. The van der Waals surface area contributed by atoms with Crippen LogP contribution in [0.5, 0.6) is 0 Å². The van der Waals surface area contributed by atoms with Crippen LogP contribution in [0.25, 0.3) is 0 Å². The molecule has 7 nitrogen and oxygen atoms in total. The molecule has 2 saturated carbocycles. The molecule has 0 heterocycles. The van der Waals surface area contributed by atoms with Crippen LogP contribution in [0.15, 0.2) is 0 Å². The van der Waals surface area contributed by atoms with Crippen LogP contribution in [0.4, 0.5) is 0 Å². The number of carboxylic acid groups (broad SMARTS) is 1. The highest BCUT2D eigenvalue weighted by Gasteiger charge is 2.63. The summed E-state index contributed by atoms with van der Waals surface area (Å²) in [5.74, 6) is -5.82. The molecular weight excluding hydrogens is 300 g/mol. The van der Waals surface area contributed by atoms with Gasteiger partial charge in [-0.2, -0.15) is 0 Å². The zero-order chi connectivity index (χ0) is 16.0. The van der Waals surface area contributed by atoms with Crippen molar-refractivity contribution in [1.82, 2.24) is 0 Å². The summed E-state index contributed by atoms with van der Waals surface area (Å²) in [6, 6.07) is 0. The number of aliphatic carboxylic acids is 1. The molecule has 2 aliphatic carbocycles. The van der Waals surface area contributed by atoms with Crippen molar-refractivity contribution in [2.45, 2.75) is 25.7 Å². The van der Waals surface area contributed by atoms with Gasteiger partial charge in [0.05, 0.1) is 11.3 Å². The van der Waals surface area contributed by atoms with Gasteiger partial charge in [-0.25, -0.2) is 8.42 Å². The van der Waals surface area contributed by atoms with Crippen molar-refractivity contribution in [2.75, 3.05) is 12.0 Å². The van der Waals surface area contributed by atoms with Gasteiger partial charge in [0.1, 0.15) is 17.3 Å². The Morgan fingerprint density at radius 1 is 1.33 bits per heavy atom. The molecule has 3 atom stereocenters. The van der Waals surface area contributed by atoms with Crippen molar-refractivity contribution in [2.24, 2.45) is 17.3 Å². The van der Waals surface area contributed by atoms with Crippen LogP contribution in [0, 0.1) is 17.3 Å². The second-order valence-electron chi connectivity index (χ2n) is 5.90. The summed E-state index contributed by atoms with van der Waals surface area (Å²) < 4.78 is 22.7. The Morgan fingerprint density at radius 3 is 2.48 bits per heavy atom. The summed E-state index contributed by atoms with van der Waals surface area (Å²) in [6.45, 7) is 0. The monoisotopic (exact) mass is 316 g/mol. The average molecular weight is 316 g/mol. The van der Waals surface area contributed by atoms with E-state index in [1.54, 1.807) is 0 Å². The number of ketones is 3. The maximum absolute atomic E-state index is 12.5. The molecule has 21 heavy (non-hydrogen) atoms. The lowest BCUT2D eigenvalue weighted by Gasteiger charge is -2.38. The molecule has 0 saturated heterocycles. The summed E-state index contributed by atoms with van der Waals surface area (Å²) >= 11 is 0. The summed E-state index contributed by atoms with van der Waals surface area (Å²) in [6.07, 6.45) is 0.443. The Labute approximate surface area is 121 Å². The third kappa shape index (κ3) is 2.64. The zero-order valence-electron chi connectivity index (χ0n) is 11.5. The first-order valence-corrected chi connectivity index (χ1v) is 8.62. The minimum Gasteiger partial charge on any atom is -0.481 e. The molecule has 0 spiro atoms. The summed E-state index contributed by atoms with van der Waals surface area (Å²) in [7, 11) is -3.67. The lowest BCUT2D eigenvalue weighted by atomic mass is 9.61. The van der Waals surface area contributed by atoms with E-state index in [9.17, 15) is 32.7 Å². The maximum atomic E-state index is 12.5. The van der Waals surface area contributed by atoms with E-state index in [1.807, 2.05) is 0 Å². The molecular formula is C13H16O7S. The standard InChI is InChI=1S/C13H16O7S/c1-21(19,20)6-11(16)13-5-7(14)2-3-8(13)10(15)4-9(13)12(17)18/h8-9H,2-6H2,1H3,(H,17,18). The highest BCUT2D eigenvalue weighted by atomic mass is 32.2. The first-order chi connectivity index (χ1) is 9.58. The predicted molar refractivity (Wildman–Crippen MR) is 70.2 cm³/mol. The van der Waals surface area contributed by atoms with Crippen molar-refractivity contribution in [1.29, 1.82) is 0 Å². The van der Waals surface area contributed by atoms with Crippen LogP contribution in [-0.2, 0) is 29.0 Å². The van der Waals surface area contributed by atoms with Gasteiger partial charge in [-0.3, -0.25) is 19.2 Å². The molecule has 0 radical (unpaired) electrons. The van der Waals surface area contributed by atoms with Gasteiger partial charge in [-0.05, 0) is 6.42 Å². The number of carboxylic acids is 1. The highest BCUT2D eigenvalue weighted by Crippen LogP contribution is 2.54. The predicted octanol–water partition coefficient (Wildman–Crippen LogP) is -0.371. The summed E-state index contributed by atoms with van der Waals surface area (Å²) in [4.78, 5) is 47.7. The van der Waals surface area contributed by atoms with Gasteiger partial charge >= 0.3 is 5.97 Å². The maximum Gasteiger partial charge on any atom is 0.308 e. The molecule has 0 aromatic rings. The number of Topliss-reactive ketones (excluding diaryl/α,β-unsaturated/α-hetero) is 3. The van der Waals surface area contributed by atoms with Crippen molar-refractivity contribution in [3.8, 4) is 0 Å². The fourth-order valence-corrected chi connectivity index (χ4v) is 4.35. The van der Waals surface area contributed by atoms with Gasteiger partial charge < -0.3 is 5.11 Å². The lowest BCUT2D eigenvalue weighted by molar-refractivity contribution is -0.155. The first-order valence-electron chi connectivity index (χ1n) is 6.56. The zero-order valence-corrected chi connectivity index (χ0v) is 12.3. The lowest BCUT2D eigenvalue weighted by Crippen LogP contribution is -2.50. The summed E-state index contributed by atoms with van der Waals surface area (Å²) in [5, 5.41) is 9.30. The number of hydrogen-bond acceptors (Lipinski definition) is 6. The Bertz CT molecular complexity index is 633. The minimum absolute atomic E-state index is 0.122. The van der Waals surface area contributed by atoms with E-state index in [4.69, 9.17) is 0 Å². The van der Waals surface area contributed by atoms with Gasteiger partial charge in [0.15, 0.2) is 15.6 Å². The molecule has 8 heteroatoms. The van der Waals surface area contributed by atoms with Gasteiger partial charge in [0.2, 0.25) is 0 Å². The molecule has 2 rings (SSSR count). The molecule has 116 valence electrons. The molecule has 0 amide bonds. The largest absolute Gasteiger partial charge is 0.481 e. The fourth-order valence-electron chi connectivity index (χ4n) is 3.61. The SMILES string of the molecule is CS(=O)(=O)CC(=O)C12CC(=O)CCC1C(=O)CC2C(=O)O. The van der Waals surface area contributed by atoms with Crippen molar-refractivity contribution in [3.63, 3.8) is 0 Å². The van der Waals surface area contributed by atoms with Crippen LogP contribution in [0.2, 0.25) is 0 Å². The molecule has 0 aromatic heterocycles. The van der Waals surface area contributed by atoms with Gasteiger partial charge in [0.25, 0.3) is 0 Å². The molecule has 0 aromatic carbocycles. The third-order valence-electron chi connectivity index (χ3n) is 4.45. The van der Waals surface area contributed by atoms with Crippen LogP contribution >= 0.6 is 0 Å². The third-order valence-corrected chi connectivity index (χ3v) is 5.24. The number of hydrogen-bond donors (Lipinski definition) is 1. The molecule has 2 fully saturated rings. The molecule has 0 aliphatic heterocycles. The average Bonchev–Trinajstić information content (AvgIpc) is 2.61. The van der Waals surface area contributed by atoms with Crippen molar-refractivity contribution in [3.05, 3.63) is 0 Å². The number of carbonyl (C=O) groups excluding carboxylic acids is 3.